The van der Waals surface area contributed by atoms with E-state index in [1.807, 2.05) is 0 Å². The summed E-state index contributed by atoms with van der Waals surface area (Å²) in [5, 5.41) is 0.563. The molecule has 0 amide bonds. The maximum Gasteiger partial charge on any atom is 0.147 e. The molecule has 24 heavy (non-hydrogen) atoms. The number of fused-ring (bicyclic) bond motifs is 5. The zero-order valence-electron chi connectivity index (χ0n) is 15.7. The van der Waals surface area contributed by atoms with Crippen LogP contribution in [0.4, 0.5) is 0 Å². The average Bonchev–Trinajstić information content (AvgIpc) is 2.59. The van der Waals surface area contributed by atoms with Gasteiger partial charge in [-0.2, -0.15) is 0 Å². The van der Waals surface area contributed by atoms with Crippen LogP contribution >= 0.6 is 15.9 Å². The molecule has 0 saturated heterocycles. The molecule has 0 bridgehead atoms. The van der Waals surface area contributed by atoms with E-state index in [4.69, 9.17) is 0 Å². The second-order valence-electron chi connectivity index (χ2n) is 10.0. The Morgan fingerprint density at radius 2 is 1.67 bits per heavy atom. The van der Waals surface area contributed by atoms with Gasteiger partial charge in [0, 0.05) is 5.92 Å². The molecule has 7 atom stereocenters. The van der Waals surface area contributed by atoms with E-state index < -0.39 is 0 Å². The fraction of sp³-hybridized carbons (Fsp3) is 0.955. The standard InChI is InChI=1S/C22H35BrO/c1-21-12-4-3-6-15(21)9-10-16-17-7-5-8-19(20(24)14-23)22(17,2)13-11-18(16)21/h15-19H,3-14H2,1-2H3/t15-,16+,17+,18+,19-,21+,22+/m1/s1. The molecule has 0 radical (unpaired) electrons. The summed E-state index contributed by atoms with van der Waals surface area (Å²) in [5.74, 6) is 4.49. The van der Waals surface area contributed by atoms with Crippen LogP contribution in [0, 0.1) is 40.4 Å². The summed E-state index contributed by atoms with van der Waals surface area (Å²) in [6, 6.07) is 0. The van der Waals surface area contributed by atoms with Crippen LogP contribution in [0.5, 0.6) is 0 Å². The molecule has 0 aromatic carbocycles. The highest BCUT2D eigenvalue weighted by Crippen LogP contribution is 2.66. The number of hydrogen-bond donors (Lipinski definition) is 0. The van der Waals surface area contributed by atoms with Gasteiger partial charge in [0.2, 0.25) is 0 Å². The summed E-state index contributed by atoms with van der Waals surface area (Å²) in [5.41, 5.74) is 0.914. The molecule has 4 rings (SSSR count). The van der Waals surface area contributed by atoms with Crippen molar-refractivity contribution in [2.24, 2.45) is 40.4 Å². The van der Waals surface area contributed by atoms with Crippen LogP contribution in [0.25, 0.3) is 0 Å². The van der Waals surface area contributed by atoms with Gasteiger partial charge in [0.05, 0.1) is 5.33 Å². The Hall–Kier alpha value is 0.150. The Morgan fingerprint density at radius 3 is 2.46 bits per heavy atom. The lowest BCUT2D eigenvalue weighted by Crippen LogP contribution is -2.56. The molecule has 1 nitrogen and oxygen atoms in total. The van der Waals surface area contributed by atoms with E-state index in [0.29, 0.717) is 27.9 Å². The first-order valence-corrected chi connectivity index (χ1v) is 11.7. The van der Waals surface area contributed by atoms with Gasteiger partial charge in [-0.1, -0.05) is 49.0 Å². The van der Waals surface area contributed by atoms with Crippen molar-refractivity contribution >= 4 is 21.7 Å². The third kappa shape index (κ3) is 2.48. The summed E-state index contributed by atoms with van der Waals surface area (Å²) in [6.45, 7) is 5.15. The number of ketones is 1. The summed E-state index contributed by atoms with van der Waals surface area (Å²) in [4.78, 5) is 12.6. The Labute approximate surface area is 156 Å². The molecule has 0 heterocycles. The number of rotatable bonds is 2. The van der Waals surface area contributed by atoms with E-state index >= 15 is 0 Å². The summed E-state index contributed by atoms with van der Waals surface area (Å²) < 4.78 is 0. The van der Waals surface area contributed by atoms with Crippen molar-refractivity contribution in [2.45, 2.75) is 84.5 Å². The van der Waals surface area contributed by atoms with E-state index in [2.05, 4.69) is 29.8 Å². The largest absolute Gasteiger partial charge is 0.298 e. The third-order valence-electron chi connectivity index (χ3n) is 9.35. The highest BCUT2D eigenvalue weighted by atomic mass is 79.9. The first kappa shape index (κ1) is 17.6. The summed E-state index contributed by atoms with van der Waals surface area (Å²) in [7, 11) is 0. The molecule has 0 N–H and O–H groups in total. The molecule has 4 aliphatic rings. The van der Waals surface area contributed by atoms with Gasteiger partial charge in [-0.25, -0.2) is 0 Å². The topological polar surface area (TPSA) is 17.1 Å². The van der Waals surface area contributed by atoms with Crippen LogP contribution < -0.4 is 0 Å². The summed E-state index contributed by atoms with van der Waals surface area (Å²) in [6.07, 6.45) is 15.4. The molecular weight excluding hydrogens is 360 g/mol. The number of Topliss-reactive ketones (excluding diaryl/α,β-unsaturated/α-hetero) is 1. The van der Waals surface area contributed by atoms with Gasteiger partial charge in [0.15, 0.2) is 0 Å². The van der Waals surface area contributed by atoms with Gasteiger partial charge in [-0.15, -0.1) is 0 Å². The molecule has 4 fully saturated rings. The van der Waals surface area contributed by atoms with Crippen molar-refractivity contribution in [1.82, 2.24) is 0 Å². The van der Waals surface area contributed by atoms with Crippen molar-refractivity contribution in [3.8, 4) is 0 Å². The van der Waals surface area contributed by atoms with Gasteiger partial charge < -0.3 is 0 Å². The van der Waals surface area contributed by atoms with Crippen molar-refractivity contribution in [3.63, 3.8) is 0 Å². The second kappa shape index (κ2) is 6.39. The molecule has 4 aliphatic carbocycles. The average molecular weight is 395 g/mol. The number of carbonyl (C=O) groups is 1. The lowest BCUT2D eigenvalue weighted by atomic mass is 9.41. The van der Waals surface area contributed by atoms with Crippen LogP contribution in [0.1, 0.15) is 84.5 Å². The highest BCUT2D eigenvalue weighted by Gasteiger charge is 2.59. The van der Waals surface area contributed by atoms with E-state index in [1.165, 1.54) is 64.2 Å². The monoisotopic (exact) mass is 394 g/mol. The predicted octanol–water partition coefficient (Wildman–Crippen LogP) is 6.39. The van der Waals surface area contributed by atoms with E-state index in [9.17, 15) is 4.79 Å². The van der Waals surface area contributed by atoms with Gasteiger partial charge in [-0.3, -0.25) is 4.79 Å². The molecule has 0 unspecified atom stereocenters. The third-order valence-corrected chi connectivity index (χ3v) is 9.90. The van der Waals surface area contributed by atoms with Crippen molar-refractivity contribution in [3.05, 3.63) is 0 Å². The SMILES string of the molecule is C[C@]12CCCC[C@@H]1CC[C@@H]1[C@@H]2CC[C@]2(C)[C@@H](C(=O)CBr)CCC[C@@H]12. The van der Waals surface area contributed by atoms with Crippen molar-refractivity contribution in [2.75, 3.05) is 5.33 Å². The molecule has 4 saturated carbocycles. The van der Waals surface area contributed by atoms with Crippen molar-refractivity contribution < 1.29 is 4.79 Å². The number of carbonyl (C=O) groups excluding carboxylic acids is 1. The van der Waals surface area contributed by atoms with Crippen molar-refractivity contribution in [1.29, 1.82) is 0 Å². The second-order valence-corrected chi connectivity index (χ2v) is 10.6. The van der Waals surface area contributed by atoms with Crippen LogP contribution in [-0.4, -0.2) is 11.1 Å². The normalized spacial score (nSPS) is 51.2. The maximum absolute atomic E-state index is 12.6. The molecule has 0 aromatic rings. The Morgan fingerprint density at radius 1 is 0.875 bits per heavy atom. The molecule has 0 aromatic heterocycles. The fourth-order valence-corrected chi connectivity index (χ4v) is 8.50. The van der Waals surface area contributed by atoms with E-state index in [-0.39, 0.29) is 0 Å². The minimum atomic E-state index is 0.294. The zero-order valence-corrected chi connectivity index (χ0v) is 17.2. The fourth-order valence-electron chi connectivity index (χ4n) is 8.11. The zero-order chi connectivity index (χ0) is 16.9. The van der Waals surface area contributed by atoms with E-state index in [1.54, 1.807) is 0 Å². The highest BCUT2D eigenvalue weighted by molar-refractivity contribution is 9.09. The lowest BCUT2D eigenvalue weighted by Gasteiger charge is -2.63. The smallest absolute Gasteiger partial charge is 0.147 e. The molecular formula is C22H35BrO. The van der Waals surface area contributed by atoms with Gasteiger partial charge in [0.1, 0.15) is 5.78 Å². The molecule has 136 valence electrons. The van der Waals surface area contributed by atoms with Crippen LogP contribution in [0.15, 0.2) is 0 Å². The van der Waals surface area contributed by atoms with Gasteiger partial charge in [-0.05, 0) is 85.9 Å². The van der Waals surface area contributed by atoms with Gasteiger partial charge in [0.25, 0.3) is 0 Å². The Bertz CT molecular complexity index is 502. The molecule has 2 heteroatoms. The minimum Gasteiger partial charge on any atom is -0.298 e. The molecule has 0 aliphatic heterocycles. The predicted molar refractivity (Wildman–Crippen MR) is 103 cm³/mol. The minimum absolute atomic E-state index is 0.294. The van der Waals surface area contributed by atoms with Crippen LogP contribution in [-0.2, 0) is 4.79 Å². The summed E-state index contributed by atoms with van der Waals surface area (Å²) >= 11 is 3.46. The first-order valence-electron chi connectivity index (χ1n) is 10.6. The van der Waals surface area contributed by atoms with Crippen LogP contribution in [0.2, 0.25) is 0 Å². The molecule has 0 spiro atoms. The Balaban J connectivity index is 1.63. The van der Waals surface area contributed by atoms with Crippen LogP contribution in [0.3, 0.4) is 0 Å². The Kier molecular flexibility index (Phi) is 4.68. The number of alkyl halides is 1. The number of hydrogen-bond acceptors (Lipinski definition) is 1. The maximum atomic E-state index is 12.6. The quantitative estimate of drug-likeness (QED) is 0.495. The van der Waals surface area contributed by atoms with E-state index in [0.717, 1.165) is 30.1 Å². The first-order chi connectivity index (χ1) is 11.5. The van der Waals surface area contributed by atoms with Gasteiger partial charge >= 0.3 is 0 Å². The number of halogens is 1. The lowest BCUT2D eigenvalue weighted by molar-refractivity contribution is -0.153.